The van der Waals surface area contributed by atoms with Crippen LogP contribution < -0.4 is 5.32 Å². The van der Waals surface area contributed by atoms with Crippen molar-refractivity contribution in [2.45, 2.75) is 33.4 Å². The predicted molar refractivity (Wildman–Crippen MR) is 73.3 cm³/mol. The zero-order valence-corrected chi connectivity index (χ0v) is 11.7. The fraction of sp³-hybridized carbons (Fsp3) is 0.615. The van der Waals surface area contributed by atoms with Gasteiger partial charge in [0.1, 0.15) is 0 Å². The molecule has 0 aromatic carbocycles. The Morgan fingerprint density at radius 2 is 2.06 bits per heavy atom. The first kappa shape index (κ1) is 14.4. The van der Waals surface area contributed by atoms with Crippen molar-refractivity contribution in [3.05, 3.63) is 29.0 Å². The van der Waals surface area contributed by atoms with E-state index < -0.39 is 0 Å². The molecular formula is C13H22ClN3. The lowest BCUT2D eigenvalue weighted by Crippen LogP contribution is -2.38. The number of pyridine rings is 1. The molecule has 17 heavy (non-hydrogen) atoms. The summed E-state index contributed by atoms with van der Waals surface area (Å²) in [4.78, 5) is 6.67. The molecule has 4 heteroatoms. The molecule has 0 aliphatic heterocycles. The van der Waals surface area contributed by atoms with Crippen molar-refractivity contribution in [3.63, 3.8) is 0 Å². The van der Waals surface area contributed by atoms with E-state index in [0.29, 0.717) is 11.1 Å². The molecule has 0 saturated heterocycles. The molecule has 1 aromatic heterocycles. The molecule has 0 saturated carbocycles. The molecule has 3 nitrogen and oxygen atoms in total. The summed E-state index contributed by atoms with van der Waals surface area (Å²) in [6, 6.07) is 4.30. The average Bonchev–Trinajstić information content (AvgIpc) is 2.35. The lowest BCUT2D eigenvalue weighted by molar-refractivity contribution is 0.270. The minimum atomic E-state index is 0.465. The van der Waals surface area contributed by atoms with Crippen LogP contribution in [0.2, 0.25) is 5.02 Å². The Labute approximate surface area is 109 Å². The summed E-state index contributed by atoms with van der Waals surface area (Å²) in [6.07, 6.45) is 1.69. The predicted octanol–water partition coefficient (Wildman–Crippen LogP) is 2.55. The van der Waals surface area contributed by atoms with Gasteiger partial charge in [-0.25, -0.2) is 0 Å². The third-order valence-corrected chi connectivity index (χ3v) is 3.07. The van der Waals surface area contributed by atoms with E-state index in [9.17, 15) is 0 Å². The van der Waals surface area contributed by atoms with Crippen LogP contribution in [0.3, 0.4) is 0 Å². The first-order valence-electron chi connectivity index (χ1n) is 6.21. The highest BCUT2D eigenvalue weighted by atomic mass is 35.5. The minimum absolute atomic E-state index is 0.465. The highest BCUT2D eigenvalue weighted by molar-refractivity contribution is 6.30. The van der Waals surface area contributed by atoms with Crippen molar-refractivity contribution in [1.82, 2.24) is 15.2 Å². The second-order valence-corrected chi connectivity index (χ2v) is 4.67. The van der Waals surface area contributed by atoms with Gasteiger partial charge >= 0.3 is 0 Å². The van der Waals surface area contributed by atoms with Gasteiger partial charge in [0.15, 0.2) is 0 Å². The van der Waals surface area contributed by atoms with Crippen molar-refractivity contribution in [2.24, 2.45) is 0 Å². The van der Waals surface area contributed by atoms with Crippen LogP contribution in [-0.2, 0) is 6.54 Å². The minimum Gasteiger partial charge on any atom is -0.307 e. The third kappa shape index (κ3) is 5.48. The second kappa shape index (κ2) is 7.64. The maximum absolute atomic E-state index is 5.79. The van der Waals surface area contributed by atoms with E-state index in [1.54, 1.807) is 6.20 Å². The van der Waals surface area contributed by atoms with Crippen LogP contribution in [0.15, 0.2) is 18.3 Å². The fourth-order valence-electron chi connectivity index (χ4n) is 1.72. The summed E-state index contributed by atoms with van der Waals surface area (Å²) in [5, 5.41) is 4.16. The Kier molecular flexibility index (Phi) is 6.48. The van der Waals surface area contributed by atoms with E-state index in [1.807, 2.05) is 12.1 Å². The highest BCUT2D eigenvalue weighted by Gasteiger charge is 2.06. The van der Waals surface area contributed by atoms with Gasteiger partial charge in [0.2, 0.25) is 0 Å². The molecule has 1 rings (SSSR count). The molecule has 1 atom stereocenters. The largest absolute Gasteiger partial charge is 0.307 e. The van der Waals surface area contributed by atoms with Crippen LogP contribution >= 0.6 is 11.6 Å². The van der Waals surface area contributed by atoms with Crippen molar-refractivity contribution in [2.75, 3.05) is 19.6 Å². The normalized spacial score (nSPS) is 13.0. The maximum Gasteiger partial charge on any atom is 0.0589 e. The zero-order valence-electron chi connectivity index (χ0n) is 10.9. The lowest BCUT2D eigenvalue weighted by atomic mass is 10.2. The quantitative estimate of drug-likeness (QED) is 0.812. The summed E-state index contributed by atoms with van der Waals surface area (Å²) in [5.41, 5.74) is 1.03. The number of hydrogen-bond donors (Lipinski definition) is 1. The van der Waals surface area contributed by atoms with Gasteiger partial charge in [-0.1, -0.05) is 25.4 Å². The van der Waals surface area contributed by atoms with Crippen molar-refractivity contribution >= 4 is 11.6 Å². The molecule has 0 fully saturated rings. The molecule has 0 radical (unpaired) electrons. The molecule has 0 aliphatic carbocycles. The van der Waals surface area contributed by atoms with E-state index in [1.165, 1.54) is 0 Å². The van der Waals surface area contributed by atoms with Gasteiger partial charge in [-0.05, 0) is 32.1 Å². The van der Waals surface area contributed by atoms with E-state index in [0.717, 1.165) is 31.9 Å². The molecule has 0 spiro atoms. The van der Waals surface area contributed by atoms with Crippen molar-refractivity contribution < 1.29 is 0 Å². The van der Waals surface area contributed by atoms with Gasteiger partial charge in [-0.15, -0.1) is 0 Å². The van der Waals surface area contributed by atoms with Gasteiger partial charge in [-0.3, -0.25) is 4.98 Å². The SMILES string of the molecule is CCN(CC)CC(C)NCc1ccc(Cl)cn1. The van der Waals surface area contributed by atoms with Crippen LogP contribution in [0.1, 0.15) is 26.5 Å². The lowest BCUT2D eigenvalue weighted by Gasteiger charge is -2.23. The van der Waals surface area contributed by atoms with Crippen molar-refractivity contribution in [3.8, 4) is 0 Å². The number of likely N-dealkylation sites (N-methyl/N-ethyl adjacent to an activating group) is 1. The first-order chi connectivity index (χ1) is 8.15. The number of rotatable bonds is 7. The second-order valence-electron chi connectivity index (χ2n) is 4.24. The van der Waals surface area contributed by atoms with E-state index >= 15 is 0 Å². The van der Waals surface area contributed by atoms with Crippen LogP contribution in [-0.4, -0.2) is 35.6 Å². The monoisotopic (exact) mass is 255 g/mol. The summed E-state index contributed by atoms with van der Waals surface area (Å²) in [5.74, 6) is 0. The van der Waals surface area contributed by atoms with Crippen LogP contribution in [0, 0.1) is 0 Å². The van der Waals surface area contributed by atoms with Crippen LogP contribution in [0.5, 0.6) is 0 Å². The van der Waals surface area contributed by atoms with Crippen LogP contribution in [0.25, 0.3) is 0 Å². The van der Waals surface area contributed by atoms with Crippen molar-refractivity contribution in [1.29, 1.82) is 0 Å². The highest BCUT2D eigenvalue weighted by Crippen LogP contribution is 2.06. The fourth-order valence-corrected chi connectivity index (χ4v) is 1.84. The number of hydrogen-bond acceptors (Lipinski definition) is 3. The molecular weight excluding hydrogens is 234 g/mol. The smallest absolute Gasteiger partial charge is 0.0589 e. The van der Waals surface area contributed by atoms with Gasteiger partial charge < -0.3 is 10.2 Å². The summed E-state index contributed by atoms with van der Waals surface area (Å²) >= 11 is 5.79. The molecule has 0 amide bonds. The summed E-state index contributed by atoms with van der Waals surface area (Å²) in [7, 11) is 0. The Morgan fingerprint density at radius 3 is 2.59 bits per heavy atom. The first-order valence-corrected chi connectivity index (χ1v) is 6.59. The number of halogens is 1. The molecule has 0 aliphatic rings. The number of aromatic nitrogens is 1. The summed E-state index contributed by atoms with van der Waals surface area (Å²) < 4.78 is 0. The molecule has 1 unspecified atom stereocenters. The molecule has 0 bridgehead atoms. The molecule has 1 N–H and O–H groups in total. The zero-order chi connectivity index (χ0) is 12.7. The van der Waals surface area contributed by atoms with Crippen LogP contribution in [0.4, 0.5) is 0 Å². The number of nitrogens with zero attached hydrogens (tertiary/aromatic N) is 2. The Bertz CT molecular complexity index is 309. The topological polar surface area (TPSA) is 28.2 Å². The Hall–Kier alpha value is -0.640. The molecule has 1 aromatic rings. The Morgan fingerprint density at radius 1 is 1.35 bits per heavy atom. The van der Waals surface area contributed by atoms with E-state index in [2.05, 4.69) is 36.0 Å². The van der Waals surface area contributed by atoms with E-state index in [4.69, 9.17) is 11.6 Å². The maximum atomic E-state index is 5.79. The summed E-state index contributed by atoms with van der Waals surface area (Å²) in [6.45, 7) is 10.6. The Balaban J connectivity index is 2.32. The third-order valence-electron chi connectivity index (χ3n) is 2.85. The molecule has 1 heterocycles. The van der Waals surface area contributed by atoms with Gasteiger partial charge in [0, 0.05) is 25.3 Å². The average molecular weight is 256 g/mol. The standard InChI is InChI=1S/C13H22ClN3/c1-4-17(5-2)10-11(3)15-9-13-7-6-12(14)8-16-13/h6-8,11,15H,4-5,9-10H2,1-3H3. The van der Waals surface area contributed by atoms with Gasteiger partial charge in [0.25, 0.3) is 0 Å². The number of nitrogens with one attached hydrogen (secondary N) is 1. The van der Waals surface area contributed by atoms with E-state index in [-0.39, 0.29) is 0 Å². The van der Waals surface area contributed by atoms with Gasteiger partial charge in [-0.2, -0.15) is 0 Å². The van der Waals surface area contributed by atoms with Gasteiger partial charge in [0.05, 0.1) is 10.7 Å². The molecule has 96 valence electrons.